The van der Waals surface area contributed by atoms with Crippen LogP contribution in [0, 0.1) is 12.8 Å². The van der Waals surface area contributed by atoms with Crippen molar-refractivity contribution in [2.45, 2.75) is 64.5 Å². The Hall–Kier alpha value is -0.840. The molecule has 2 fully saturated rings. The SMILES string of the molecule is Cc1c(Cl)cccc1NC(=S)N1CCC([NH+](C)C2CCCCC2C)CC1. The molecule has 2 aliphatic rings. The first-order chi connectivity index (χ1) is 12.5. The first-order valence-electron chi connectivity index (χ1n) is 10.1. The number of hydrogen-bond acceptors (Lipinski definition) is 1. The maximum atomic E-state index is 6.22. The highest BCUT2D eigenvalue weighted by Gasteiger charge is 2.34. The highest BCUT2D eigenvalue weighted by molar-refractivity contribution is 7.80. The van der Waals surface area contributed by atoms with Gasteiger partial charge in [0.05, 0.1) is 19.1 Å². The van der Waals surface area contributed by atoms with Crippen molar-refractivity contribution in [3.63, 3.8) is 0 Å². The maximum absolute atomic E-state index is 6.22. The average molecular weight is 395 g/mol. The monoisotopic (exact) mass is 394 g/mol. The van der Waals surface area contributed by atoms with Crippen molar-refractivity contribution < 1.29 is 4.90 Å². The average Bonchev–Trinajstić information content (AvgIpc) is 2.65. The van der Waals surface area contributed by atoms with Crippen LogP contribution in [0.25, 0.3) is 0 Å². The summed E-state index contributed by atoms with van der Waals surface area (Å²) in [6, 6.07) is 7.55. The first kappa shape index (κ1) is 19.9. The number of rotatable bonds is 3. The fourth-order valence-corrected chi connectivity index (χ4v) is 5.24. The predicted molar refractivity (Wildman–Crippen MR) is 115 cm³/mol. The highest BCUT2D eigenvalue weighted by Crippen LogP contribution is 2.24. The van der Waals surface area contributed by atoms with Gasteiger partial charge in [-0.05, 0) is 56.1 Å². The van der Waals surface area contributed by atoms with Crippen LogP contribution in [0.2, 0.25) is 5.02 Å². The first-order valence-corrected chi connectivity index (χ1v) is 10.9. The van der Waals surface area contributed by atoms with Crippen molar-refractivity contribution in [1.82, 2.24) is 4.90 Å². The number of thiocarbonyl (C=S) groups is 1. The van der Waals surface area contributed by atoms with E-state index in [2.05, 4.69) is 24.2 Å². The van der Waals surface area contributed by atoms with E-state index in [1.54, 1.807) is 4.90 Å². The molecular formula is C21H33ClN3S+. The van der Waals surface area contributed by atoms with E-state index in [0.29, 0.717) is 0 Å². The quantitative estimate of drug-likeness (QED) is 0.758. The zero-order valence-electron chi connectivity index (χ0n) is 16.4. The van der Waals surface area contributed by atoms with Gasteiger partial charge in [0.15, 0.2) is 5.11 Å². The smallest absolute Gasteiger partial charge is 0.173 e. The molecule has 3 nitrogen and oxygen atoms in total. The molecule has 0 radical (unpaired) electrons. The van der Waals surface area contributed by atoms with E-state index in [0.717, 1.165) is 52.5 Å². The minimum Gasteiger partial charge on any atom is -0.349 e. The Morgan fingerprint density at radius 2 is 1.88 bits per heavy atom. The molecule has 3 atom stereocenters. The van der Waals surface area contributed by atoms with Gasteiger partial charge in [0, 0.05) is 42.6 Å². The van der Waals surface area contributed by atoms with E-state index in [1.807, 2.05) is 25.1 Å². The van der Waals surface area contributed by atoms with Crippen molar-refractivity contribution in [1.29, 1.82) is 0 Å². The number of nitrogens with zero attached hydrogens (tertiary/aromatic N) is 1. The summed E-state index contributed by atoms with van der Waals surface area (Å²) >= 11 is 11.9. The lowest BCUT2D eigenvalue weighted by Gasteiger charge is -2.41. The van der Waals surface area contributed by atoms with E-state index in [1.165, 1.54) is 38.5 Å². The molecule has 1 aliphatic carbocycles. The summed E-state index contributed by atoms with van der Waals surface area (Å²) in [6.45, 7) is 6.58. The molecule has 1 saturated heterocycles. The molecule has 0 bridgehead atoms. The Balaban J connectivity index is 1.53. The number of hydrogen-bond donors (Lipinski definition) is 2. The molecule has 2 N–H and O–H groups in total. The van der Waals surface area contributed by atoms with Crippen LogP contribution in [0.1, 0.15) is 51.0 Å². The van der Waals surface area contributed by atoms with Gasteiger partial charge < -0.3 is 15.1 Å². The van der Waals surface area contributed by atoms with Crippen LogP contribution in [0.5, 0.6) is 0 Å². The summed E-state index contributed by atoms with van der Waals surface area (Å²) in [7, 11) is 2.43. The number of benzene rings is 1. The van der Waals surface area contributed by atoms with Crippen LogP contribution in [0.4, 0.5) is 5.69 Å². The minimum atomic E-state index is 0.771. The lowest BCUT2D eigenvalue weighted by atomic mass is 9.84. The van der Waals surface area contributed by atoms with Gasteiger partial charge in [-0.15, -0.1) is 0 Å². The summed E-state index contributed by atoms with van der Waals surface area (Å²) < 4.78 is 0. The third-order valence-corrected chi connectivity index (χ3v) is 7.40. The number of likely N-dealkylation sites (tertiary alicyclic amines) is 1. The Kier molecular flexibility index (Phi) is 6.81. The molecule has 1 aromatic rings. The highest BCUT2D eigenvalue weighted by atomic mass is 35.5. The molecule has 0 amide bonds. The van der Waals surface area contributed by atoms with Crippen LogP contribution in [-0.4, -0.2) is 42.2 Å². The normalized spacial score (nSPS) is 25.8. The predicted octanol–water partition coefficient (Wildman–Crippen LogP) is 3.90. The second-order valence-electron chi connectivity index (χ2n) is 8.22. The molecular weight excluding hydrogens is 362 g/mol. The molecule has 1 heterocycles. The van der Waals surface area contributed by atoms with E-state index < -0.39 is 0 Å². The van der Waals surface area contributed by atoms with Crippen LogP contribution >= 0.6 is 23.8 Å². The number of halogens is 1. The van der Waals surface area contributed by atoms with Crippen molar-refractivity contribution in [2.75, 3.05) is 25.5 Å². The van der Waals surface area contributed by atoms with Crippen LogP contribution in [-0.2, 0) is 0 Å². The molecule has 1 saturated carbocycles. The molecule has 144 valence electrons. The summed E-state index contributed by atoms with van der Waals surface area (Å²) in [6.07, 6.45) is 8.11. The van der Waals surface area contributed by atoms with Crippen LogP contribution in [0.3, 0.4) is 0 Å². The molecule has 0 aromatic heterocycles. The van der Waals surface area contributed by atoms with E-state index in [4.69, 9.17) is 23.8 Å². The summed E-state index contributed by atoms with van der Waals surface area (Å²) in [4.78, 5) is 4.09. The number of quaternary nitrogens is 1. The van der Waals surface area contributed by atoms with Crippen LogP contribution in [0.15, 0.2) is 18.2 Å². The van der Waals surface area contributed by atoms with Gasteiger partial charge in [0.2, 0.25) is 0 Å². The summed E-state index contributed by atoms with van der Waals surface area (Å²) in [5.74, 6) is 0.871. The lowest BCUT2D eigenvalue weighted by Crippen LogP contribution is -3.17. The Bertz CT molecular complexity index is 628. The third-order valence-electron chi connectivity index (χ3n) is 6.63. The maximum Gasteiger partial charge on any atom is 0.173 e. The Morgan fingerprint density at radius 3 is 2.58 bits per heavy atom. The van der Waals surface area contributed by atoms with Crippen LogP contribution < -0.4 is 10.2 Å². The second kappa shape index (κ2) is 8.90. The molecule has 3 rings (SSSR count). The van der Waals surface area contributed by atoms with Gasteiger partial charge in [-0.2, -0.15) is 0 Å². The minimum absolute atomic E-state index is 0.771. The number of piperidine rings is 1. The van der Waals surface area contributed by atoms with Crippen molar-refractivity contribution in [2.24, 2.45) is 5.92 Å². The standard InChI is InChI=1S/C21H32ClN3S/c1-15-7-4-5-10-20(15)24(3)17-11-13-25(14-12-17)21(26)23-19-9-6-8-18(22)16(19)2/h6,8-9,15,17,20H,4-5,7,10-14H2,1-3H3,(H,23,26)/p+1. The van der Waals surface area contributed by atoms with E-state index in [-0.39, 0.29) is 0 Å². The van der Waals surface area contributed by atoms with Gasteiger partial charge in [0.1, 0.15) is 0 Å². The molecule has 26 heavy (non-hydrogen) atoms. The number of anilines is 1. The van der Waals surface area contributed by atoms with Gasteiger partial charge >= 0.3 is 0 Å². The van der Waals surface area contributed by atoms with Gasteiger partial charge in [0.25, 0.3) is 0 Å². The Morgan fingerprint density at radius 1 is 1.19 bits per heavy atom. The molecule has 0 spiro atoms. The van der Waals surface area contributed by atoms with Crippen molar-refractivity contribution >= 4 is 34.6 Å². The summed E-state index contributed by atoms with van der Waals surface area (Å²) in [5, 5.41) is 5.01. The van der Waals surface area contributed by atoms with Gasteiger partial charge in [-0.25, -0.2) is 0 Å². The fraction of sp³-hybridized carbons (Fsp3) is 0.667. The molecule has 1 aromatic carbocycles. The zero-order chi connectivity index (χ0) is 18.7. The number of nitrogens with one attached hydrogen (secondary N) is 2. The van der Waals surface area contributed by atoms with E-state index in [9.17, 15) is 0 Å². The van der Waals surface area contributed by atoms with Crippen molar-refractivity contribution in [3.8, 4) is 0 Å². The van der Waals surface area contributed by atoms with Gasteiger partial charge in [-0.1, -0.05) is 31.0 Å². The Labute approximate surface area is 169 Å². The van der Waals surface area contributed by atoms with Crippen molar-refractivity contribution in [3.05, 3.63) is 28.8 Å². The second-order valence-corrected chi connectivity index (χ2v) is 9.01. The topological polar surface area (TPSA) is 19.7 Å². The molecule has 3 unspecified atom stereocenters. The van der Waals surface area contributed by atoms with Gasteiger partial charge in [-0.3, -0.25) is 0 Å². The fourth-order valence-electron chi connectivity index (χ4n) is 4.77. The zero-order valence-corrected chi connectivity index (χ0v) is 17.9. The molecule has 5 heteroatoms. The third kappa shape index (κ3) is 4.52. The summed E-state index contributed by atoms with van der Waals surface area (Å²) in [5.41, 5.74) is 2.07. The lowest BCUT2D eigenvalue weighted by molar-refractivity contribution is -0.937. The van der Waals surface area contributed by atoms with E-state index >= 15 is 0 Å². The largest absolute Gasteiger partial charge is 0.349 e. The molecule has 1 aliphatic heterocycles.